The first-order chi connectivity index (χ1) is 25.0. The van der Waals surface area contributed by atoms with Gasteiger partial charge in [-0.05, 0) is 55.7 Å². The van der Waals surface area contributed by atoms with Gasteiger partial charge in [0.1, 0.15) is 5.75 Å². The zero-order valence-electron chi connectivity index (χ0n) is 28.5. The molecule has 1 aliphatic heterocycles. The van der Waals surface area contributed by atoms with Crippen molar-refractivity contribution in [2.24, 2.45) is 4.99 Å². The number of hydrogen-bond acceptors (Lipinski definition) is 4. The highest BCUT2D eigenvalue weighted by molar-refractivity contribution is 7.21. The van der Waals surface area contributed by atoms with Gasteiger partial charge in [-0.15, -0.1) is 0 Å². The highest BCUT2D eigenvalue weighted by atomic mass is 28.4. The predicted octanol–water partition coefficient (Wildman–Crippen LogP) is 4.63. The Labute approximate surface area is 301 Å². The van der Waals surface area contributed by atoms with Crippen molar-refractivity contribution in [3.8, 4) is 11.6 Å². The number of rotatable bonds is 8. The van der Waals surface area contributed by atoms with Crippen LogP contribution in [0.3, 0.4) is 0 Å². The lowest BCUT2D eigenvalue weighted by Crippen LogP contribution is -2.77. The van der Waals surface area contributed by atoms with Crippen molar-refractivity contribution < 1.29 is 9.53 Å². The summed E-state index contributed by atoms with van der Waals surface area (Å²) >= 11 is 0. The number of nitrogens with zero attached hydrogens (tertiary/aromatic N) is 3. The number of ether oxygens (including phenoxy) is 1. The summed E-state index contributed by atoms with van der Waals surface area (Å²) in [4.78, 5) is 24.3. The minimum Gasteiger partial charge on any atom is -0.439 e. The Morgan fingerprint density at radius 1 is 0.647 bits per heavy atom. The van der Waals surface area contributed by atoms with Gasteiger partial charge in [-0.25, -0.2) is 4.98 Å². The first-order valence-corrected chi connectivity index (χ1v) is 21.1. The minimum absolute atomic E-state index is 0.419. The number of anilines is 2. The van der Waals surface area contributed by atoms with E-state index in [0.29, 0.717) is 16.9 Å². The Bertz CT molecular complexity index is 2260. The first kappa shape index (κ1) is 32.3. The van der Waals surface area contributed by atoms with E-state index in [1.807, 2.05) is 92.2 Å². The summed E-state index contributed by atoms with van der Waals surface area (Å²) < 4.78 is 6.62. The Kier molecular flexibility index (Phi) is 8.53. The quantitative estimate of drug-likeness (QED) is 0.143. The van der Waals surface area contributed by atoms with Crippen LogP contribution in [-0.4, -0.2) is 39.6 Å². The number of para-hydroxylation sites is 1. The van der Waals surface area contributed by atoms with Gasteiger partial charge in [-0.2, -0.15) is 0 Å². The third kappa shape index (κ3) is 5.43. The number of hydrogen-bond donors (Lipinski definition) is 1. The average Bonchev–Trinajstić information content (AvgIpc) is 3.19. The maximum Gasteiger partial charge on any atom is 0.304 e. The maximum atomic E-state index is 12.6. The van der Waals surface area contributed by atoms with E-state index in [1.54, 1.807) is 0 Å². The molecule has 6 aromatic carbocycles. The summed E-state index contributed by atoms with van der Waals surface area (Å²) in [7, 11) is -4.42. The average molecular weight is 696 g/mol. The number of pyridine rings is 1. The molecule has 1 aliphatic rings. The van der Waals surface area contributed by atoms with Crippen molar-refractivity contribution in [1.29, 1.82) is 0 Å². The van der Waals surface area contributed by atoms with Crippen LogP contribution in [0.15, 0.2) is 181 Å². The van der Waals surface area contributed by atoms with E-state index in [9.17, 15) is 4.80 Å². The molecule has 0 radical (unpaired) electrons. The largest absolute Gasteiger partial charge is 0.439 e. The van der Waals surface area contributed by atoms with Gasteiger partial charge in [0.15, 0.2) is 8.07 Å². The van der Waals surface area contributed by atoms with Gasteiger partial charge < -0.3 is 14.4 Å². The lowest BCUT2D eigenvalue weighted by Gasteiger charge is -2.44. The summed E-state index contributed by atoms with van der Waals surface area (Å²) in [6.45, 7) is 2.18. The molecule has 0 amide bonds. The summed E-state index contributed by atoms with van der Waals surface area (Å²) in [6, 6.07) is 60.3. The van der Waals surface area contributed by atoms with E-state index in [1.165, 1.54) is 26.3 Å². The van der Waals surface area contributed by atoms with Crippen LogP contribution in [0.2, 0.25) is 0 Å². The molecule has 2 heterocycles. The Morgan fingerprint density at radius 2 is 1.22 bits per heavy atom. The zero-order chi connectivity index (χ0) is 34.8. The van der Waals surface area contributed by atoms with Gasteiger partial charge in [0.25, 0.3) is 0 Å². The fourth-order valence-electron chi connectivity index (χ4n) is 7.65. The molecule has 0 saturated heterocycles. The standard InChI is InChI=1S/C44H37N3O2Si2/c1-33-17-15-26-41-44(33)47(32-45-2)39-31-34(29-30-40(39)50(41,35-18-7-3-8-19-35)36-20-9-4-10-21-36)49-42-27-16-28-43(46-42)51(48,37-22-11-5-12-23-37)38-24-13-6-14-25-38/h3-32,48H,1-2H3. The monoisotopic (exact) mass is 695 g/mol. The molecule has 0 bridgehead atoms. The van der Waals surface area contributed by atoms with E-state index in [4.69, 9.17) is 9.72 Å². The predicted molar refractivity (Wildman–Crippen MR) is 215 cm³/mol. The van der Waals surface area contributed by atoms with Crippen LogP contribution in [0.4, 0.5) is 11.4 Å². The lowest BCUT2D eigenvalue weighted by atomic mass is 10.1. The van der Waals surface area contributed by atoms with Gasteiger partial charge in [-0.1, -0.05) is 152 Å². The zero-order valence-corrected chi connectivity index (χ0v) is 30.5. The number of aliphatic imine (C=N–C) groups is 1. The van der Waals surface area contributed by atoms with Crippen molar-refractivity contribution in [1.82, 2.24) is 4.98 Å². The van der Waals surface area contributed by atoms with Gasteiger partial charge >= 0.3 is 8.32 Å². The SMILES string of the molecule is CN=CN1c2cc(Oc3cccc([Si](O)(c4ccccc4)c4ccccc4)n3)ccc2[Si](c2ccccc2)(c2ccccc2)c2cccc(C)c21. The fraction of sp³-hybridized carbons (Fsp3) is 0.0455. The first-order valence-electron chi connectivity index (χ1n) is 17.1. The van der Waals surface area contributed by atoms with Gasteiger partial charge in [0.05, 0.1) is 23.0 Å². The number of aryl methyl sites for hydroxylation is 1. The molecule has 0 fully saturated rings. The second-order valence-corrected chi connectivity index (χ2v) is 19.6. The highest BCUT2D eigenvalue weighted by Gasteiger charge is 2.49. The van der Waals surface area contributed by atoms with Crippen LogP contribution >= 0.6 is 0 Å². The van der Waals surface area contributed by atoms with Crippen LogP contribution in [0, 0.1) is 6.92 Å². The van der Waals surface area contributed by atoms with E-state index in [-0.39, 0.29) is 0 Å². The molecule has 0 spiro atoms. The summed E-state index contributed by atoms with van der Waals surface area (Å²) in [6.07, 6.45) is 1.91. The third-order valence-electron chi connectivity index (χ3n) is 9.86. The molecule has 0 atom stereocenters. The van der Waals surface area contributed by atoms with Crippen molar-refractivity contribution in [3.63, 3.8) is 0 Å². The molecule has 51 heavy (non-hydrogen) atoms. The Hall–Kier alpha value is -5.87. The van der Waals surface area contributed by atoms with Gasteiger partial charge in [-0.3, -0.25) is 4.99 Å². The third-order valence-corrected chi connectivity index (χ3v) is 18.1. The van der Waals surface area contributed by atoms with Crippen molar-refractivity contribution in [2.45, 2.75) is 6.92 Å². The molecule has 5 nitrogen and oxygen atoms in total. The van der Waals surface area contributed by atoms with Crippen LogP contribution in [-0.2, 0) is 0 Å². The molecule has 1 aromatic heterocycles. The van der Waals surface area contributed by atoms with Gasteiger partial charge in [0.2, 0.25) is 5.88 Å². The van der Waals surface area contributed by atoms with Gasteiger partial charge in [0, 0.05) is 19.2 Å². The Morgan fingerprint density at radius 3 is 1.80 bits per heavy atom. The molecule has 0 saturated carbocycles. The number of benzene rings is 6. The van der Waals surface area contributed by atoms with E-state index in [0.717, 1.165) is 21.7 Å². The van der Waals surface area contributed by atoms with Crippen LogP contribution in [0.5, 0.6) is 11.6 Å². The van der Waals surface area contributed by atoms with Crippen LogP contribution in [0.25, 0.3) is 0 Å². The van der Waals surface area contributed by atoms with Crippen molar-refractivity contribution in [2.75, 3.05) is 11.9 Å². The molecule has 8 rings (SSSR count). The number of aromatic nitrogens is 1. The molecule has 0 unspecified atom stereocenters. The smallest absolute Gasteiger partial charge is 0.304 e. The van der Waals surface area contributed by atoms with Crippen LogP contribution < -0.4 is 46.1 Å². The summed E-state index contributed by atoms with van der Waals surface area (Å²) in [5.74, 6) is 1.07. The second-order valence-electron chi connectivity index (χ2n) is 12.8. The second kappa shape index (κ2) is 13.5. The lowest BCUT2D eigenvalue weighted by molar-refractivity contribution is 0.463. The number of fused-ring (bicyclic) bond motifs is 2. The topological polar surface area (TPSA) is 58.0 Å². The molecular formula is C44H37N3O2Si2. The van der Waals surface area contributed by atoms with E-state index in [2.05, 4.69) is 114 Å². The molecule has 248 valence electrons. The summed E-state index contributed by atoms with van der Waals surface area (Å²) in [5, 5.41) is 7.53. The van der Waals surface area contributed by atoms with Crippen molar-refractivity contribution >= 4 is 70.5 Å². The fourth-order valence-corrected chi connectivity index (χ4v) is 15.7. The Balaban J connectivity index is 1.30. The minimum atomic E-state index is -3.42. The molecular weight excluding hydrogens is 659 g/mol. The highest BCUT2D eigenvalue weighted by Crippen LogP contribution is 2.36. The molecule has 0 aliphatic carbocycles. The molecule has 1 N–H and O–H groups in total. The normalized spacial score (nSPS) is 13.4. The van der Waals surface area contributed by atoms with Crippen LogP contribution in [0.1, 0.15) is 5.56 Å². The molecule has 7 heteroatoms. The maximum absolute atomic E-state index is 12.6. The van der Waals surface area contributed by atoms with Crippen molar-refractivity contribution in [3.05, 3.63) is 181 Å². The molecule has 7 aromatic rings. The van der Waals surface area contributed by atoms with E-state index >= 15 is 0 Å². The van der Waals surface area contributed by atoms with E-state index < -0.39 is 16.4 Å². The summed E-state index contributed by atoms with van der Waals surface area (Å²) in [5.41, 5.74) is 3.34.